The molecule has 1 aliphatic rings. The Kier molecular flexibility index (Phi) is 7.49. The van der Waals surface area contributed by atoms with Gasteiger partial charge in [-0.3, -0.25) is 9.36 Å². The Morgan fingerprint density at radius 3 is 2.28 bits per heavy atom. The van der Waals surface area contributed by atoms with Crippen LogP contribution < -0.4 is 15.9 Å². The zero-order valence-electron chi connectivity index (χ0n) is 21.3. The first-order chi connectivity index (χ1) is 18.2. The number of alkyl halides is 3. The van der Waals surface area contributed by atoms with Crippen LogP contribution in [-0.2, 0) is 14.6 Å². The molecule has 39 heavy (non-hydrogen) atoms. The molecule has 15 heteroatoms. The monoisotopic (exact) mass is 568 g/mol. The number of pyridine rings is 1. The first-order valence-corrected chi connectivity index (χ1v) is 13.3. The lowest BCUT2D eigenvalue weighted by molar-refractivity contribution is -0.119. The molecule has 2 N–H and O–H groups in total. The van der Waals surface area contributed by atoms with Gasteiger partial charge in [0.1, 0.15) is 12.0 Å². The van der Waals surface area contributed by atoms with Crippen molar-refractivity contribution in [3.8, 4) is 11.6 Å². The van der Waals surface area contributed by atoms with Crippen molar-refractivity contribution in [1.29, 1.82) is 0 Å². The minimum Gasteiger partial charge on any atom is -0.493 e. The fraction of sp³-hybridized carbons (Fsp3) is 0.375. The Hall–Kier alpha value is -3.85. The van der Waals surface area contributed by atoms with E-state index in [2.05, 4.69) is 20.1 Å². The van der Waals surface area contributed by atoms with Crippen molar-refractivity contribution in [2.45, 2.75) is 30.4 Å². The summed E-state index contributed by atoms with van der Waals surface area (Å²) in [5.41, 5.74) is -5.82. The summed E-state index contributed by atoms with van der Waals surface area (Å²) in [5, 5.41) is 13.5. The van der Waals surface area contributed by atoms with Crippen LogP contribution in [0.5, 0.6) is 5.88 Å². The van der Waals surface area contributed by atoms with Crippen LogP contribution >= 0.6 is 0 Å². The molecule has 3 heterocycles. The van der Waals surface area contributed by atoms with Gasteiger partial charge >= 0.3 is 11.2 Å². The van der Waals surface area contributed by atoms with Crippen molar-refractivity contribution in [3.05, 3.63) is 64.3 Å². The molecule has 0 aliphatic carbocycles. The van der Waals surface area contributed by atoms with Crippen molar-refractivity contribution in [2.24, 2.45) is 0 Å². The molecule has 1 fully saturated rings. The number of imidazole rings is 1. The molecule has 1 saturated heterocycles. The molecule has 4 rings (SSSR count). The summed E-state index contributed by atoms with van der Waals surface area (Å²) in [6, 6.07) is 6.73. The van der Waals surface area contributed by atoms with E-state index in [1.54, 1.807) is 18.3 Å². The van der Waals surface area contributed by atoms with Gasteiger partial charge in [0.2, 0.25) is 11.8 Å². The molecule has 1 aromatic carbocycles. The lowest BCUT2D eigenvalue weighted by Crippen LogP contribution is -2.45. The van der Waals surface area contributed by atoms with Crippen LogP contribution in [0, 0.1) is 6.92 Å². The van der Waals surface area contributed by atoms with Gasteiger partial charge in [0.05, 0.1) is 16.3 Å². The highest BCUT2D eigenvalue weighted by Crippen LogP contribution is 2.31. The van der Waals surface area contributed by atoms with Crippen molar-refractivity contribution in [2.75, 3.05) is 38.1 Å². The highest BCUT2D eigenvalue weighted by molar-refractivity contribution is 7.92. The van der Waals surface area contributed by atoms with Crippen LogP contribution in [0.3, 0.4) is 0 Å². The number of hydrogen-bond donors (Lipinski definition) is 2. The predicted molar refractivity (Wildman–Crippen MR) is 136 cm³/mol. The number of rotatable bonds is 6. The lowest BCUT2D eigenvalue weighted by Gasteiger charge is -2.33. The van der Waals surface area contributed by atoms with Gasteiger partial charge in [-0.2, -0.15) is 13.2 Å². The zero-order chi connectivity index (χ0) is 28.7. The van der Waals surface area contributed by atoms with Crippen LogP contribution in [0.15, 0.2) is 52.3 Å². The number of piperazine rings is 1. The number of amides is 1. The second-order valence-corrected chi connectivity index (χ2v) is 11.1. The van der Waals surface area contributed by atoms with Crippen molar-refractivity contribution >= 4 is 21.6 Å². The molecule has 11 nitrogen and oxygen atoms in total. The van der Waals surface area contributed by atoms with Crippen molar-refractivity contribution < 1.29 is 31.5 Å². The number of hydrogen-bond acceptors (Lipinski definition) is 8. The lowest BCUT2D eigenvalue weighted by atomic mass is 10.1. The molecule has 210 valence electrons. The van der Waals surface area contributed by atoms with E-state index in [1.807, 2.05) is 7.05 Å². The highest BCUT2D eigenvalue weighted by atomic mass is 32.2. The molecule has 2 aromatic heterocycles. The summed E-state index contributed by atoms with van der Waals surface area (Å²) in [6.07, 6.45) is 0.496. The number of benzene rings is 1. The maximum absolute atomic E-state index is 13.6. The molecule has 1 atom stereocenters. The van der Waals surface area contributed by atoms with Crippen LogP contribution in [-0.4, -0.2) is 77.2 Å². The Morgan fingerprint density at radius 2 is 1.72 bits per heavy atom. The number of aromatic nitrogens is 3. The third-order valence-electron chi connectivity index (χ3n) is 6.51. The van der Waals surface area contributed by atoms with Gasteiger partial charge in [-0.25, -0.2) is 22.8 Å². The number of nitrogens with zero attached hydrogens (tertiary/aromatic N) is 5. The Bertz CT molecular complexity index is 1540. The van der Waals surface area contributed by atoms with E-state index in [0.717, 1.165) is 47.4 Å². The highest BCUT2D eigenvalue weighted by Gasteiger charge is 2.46. The first kappa shape index (κ1) is 28.2. The van der Waals surface area contributed by atoms with Gasteiger partial charge in [-0.1, -0.05) is 0 Å². The molecular formula is C24H27F3N6O5S. The van der Waals surface area contributed by atoms with E-state index < -0.39 is 43.9 Å². The van der Waals surface area contributed by atoms with Crippen LogP contribution in [0.4, 0.5) is 19.0 Å². The summed E-state index contributed by atoms with van der Waals surface area (Å²) in [6.45, 7) is 5.83. The van der Waals surface area contributed by atoms with Crippen molar-refractivity contribution in [3.63, 3.8) is 0 Å². The fourth-order valence-electron chi connectivity index (χ4n) is 4.36. The molecule has 1 aliphatic heterocycles. The van der Waals surface area contributed by atoms with Gasteiger partial charge in [0.25, 0.3) is 9.84 Å². The third-order valence-corrected chi connectivity index (χ3v) is 8.02. The minimum atomic E-state index is -5.59. The van der Waals surface area contributed by atoms with E-state index in [1.165, 1.54) is 13.8 Å². The molecule has 1 unspecified atom stereocenters. The third kappa shape index (κ3) is 5.36. The fourth-order valence-corrected chi connectivity index (χ4v) is 5.12. The van der Waals surface area contributed by atoms with Gasteiger partial charge in [0.15, 0.2) is 0 Å². The molecule has 0 spiro atoms. The van der Waals surface area contributed by atoms with Gasteiger partial charge in [0, 0.05) is 44.9 Å². The number of carbonyl (C=O) groups excluding carboxylic acids is 1. The Labute approximate surface area is 222 Å². The number of nitrogens with one attached hydrogen (secondary N) is 1. The summed E-state index contributed by atoms with van der Waals surface area (Å²) in [5.74, 6) is -0.347. The topological polar surface area (TPSA) is 130 Å². The second kappa shape index (κ2) is 10.4. The van der Waals surface area contributed by atoms with E-state index in [-0.39, 0.29) is 11.4 Å². The SMILES string of the molecule is CC(=O)NC(c1ccnc(N2CCN(C)CC2)c1)n1c(C)c(O)n(-c2ccc(S(=O)(=O)C(F)(F)F)cc2)c1=O. The second-order valence-electron chi connectivity index (χ2n) is 9.18. The first-order valence-electron chi connectivity index (χ1n) is 11.8. The van der Waals surface area contributed by atoms with Gasteiger partial charge < -0.3 is 20.2 Å². The molecule has 3 aromatic rings. The van der Waals surface area contributed by atoms with E-state index in [0.29, 0.717) is 23.5 Å². The number of likely N-dealkylation sites (N-methyl/N-ethyl adjacent to an activating group) is 1. The van der Waals surface area contributed by atoms with Crippen LogP contribution in [0.25, 0.3) is 5.69 Å². The van der Waals surface area contributed by atoms with E-state index in [4.69, 9.17) is 0 Å². The number of aromatic hydroxyl groups is 1. The number of carbonyl (C=O) groups is 1. The molecule has 1 amide bonds. The standard InChI is InChI=1S/C24H27F3N6O5S/c1-15-22(35)33(18-4-6-19(7-5-18)39(37,38)24(25,26)27)23(36)32(15)21(29-16(2)34)17-8-9-28-20(14-17)31-12-10-30(3)11-13-31/h4-9,14,21,35H,10-13H2,1-3H3,(H,29,34). The molecular weight excluding hydrogens is 541 g/mol. The van der Waals surface area contributed by atoms with E-state index in [9.17, 15) is 36.3 Å². The smallest absolute Gasteiger partial charge is 0.493 e. The van der Waals surface area contributed by atoms with E-state index >= 15 is 0 Å². The predicted octanol–water partition coefficient (Wildman–Crippen LogP) is 1.78. The number of halogens is 3. The summed E-state index contributed by atoms with van der Waals surface area (Å²) in [4.78, 5) is 33.4. The number of sulfone groups is 1. The van der Waals surface area contributed by atoms with Gasteiger partial charge in [-0.15, -0.1) is 0 Å². The molecule has 0 radical (unpaired) electrons. The van der Waals surface area contributed by atoms with Crippen LogP contribution in [0.1, 0.15) is 24.3 Å². The Morgan fingerprint density at radius 1 is 1.10 bits per heavy atom. The normalized spacial score (nSPS) is 15.8. The zero-order valence-corrected chi connectivity index (χ0v) is 22.1. The average molecular weight is 569 g/mol. The van der Waals surface area contributed by atoms with Crippen LogP contribution in [0.2, 0.25) is 0 Å². The largest absolute Gasteiger partial charge is 0.501 e. The maximum atomic E-state index is 13.6. The average Bonchev–Trinajstić information content (AvgIpc) is 3.10. The quantitative estimate of drug-likeness (QED) is 0.461. The molecule has 0 bridgehead atoms. The summed E-state index contributed by atoms with van der Waals surface area (Å²) < 4.78 is 64.1. The Balaban J connectivity index is 1.77. The number of anilines is 1. The minimum absolute atomic E-state index is 0.0590. The van der Waals surface area contributed by atoms with Gasteiger partial charge in [-0.05, 0) is 50.4 Å². The van der Waals surface area contributed by atoms with Crippen molar-refractivity contribution in [1.82, 2.24) is 24.3 Å². The summed E-state index contributed by atoms with van der Waals surface area (Å²) in [7, 11) is -3.58. The molecule has 0 saturated carbocycles. The maximum Gasteiger partial charge on any atom is 0.501 e. The summed E-state index contributed by atoms with van der Waals surface area (Å²) >= 11 is 0.